The SMILES string of the molecule is Nc1ccc2nc(C3CC4CC4C3)oc2c1. The van der Waals surface area contributed by atoms with Gasteiger partial charge >= 0.3 is 0 Å². The lowest BCUT2D eigenvalue weighted by Gasteiger charge is -2.04. The lowest BCUT2D eigenvalue weighted by molar-refractivity contribution is 0.452. The van der Waals surface area contributed by atoms with Gasteiger partial charge in [0.25, 0.3) is 0 Å². The Morgan fingerprint density at radius 2 is 2.00 bits per heavy atom. The van der Waals surface area contributed by atoms with Crippen LogP contribution in [0.4, 0.5) is 5.69 Å². The topological polar surface area (TPSA) is 52.0 Å². The van der Waals surface area contributed by atoms with E-state index in [1.54, 1.807) is 0 Å². The van der Waals surface area contributed by atoms with Crippen LogP contribution in [0.5, 0.6) is 0 Å². The van der Waals surface area contributed by atoms with E-state index in [2.05, 4.69) is 4.98 Å². The minimum Gasteiger partial charge on any atom is -0.440 e. The Kier molecular flexibility index (Phi) is 1.50. The Labute approximate surface area is 93.6 Å². The van der Waals surface area contributed by atoms with Gasteiger partial charge < -0.3 is 10.2 Å². The lowest BCUT2D eigenvalue weighted by atomic mass is 10.0. The van der Waals surface area contributed by atoms with Crippen molar-refractivity contribution in [3.05, 3.63) is 24.1 Å². The van der Waals surface area contributed by atoms with Crippen LogP contribution in [-0.4, -0.2) is 4.98 Å². The van der Waals surface area contributed by atoms with Crippen LogP contribution >= 0.6 is 0 Å². The van der Waals surface area contributed by atoms with Crippen molar-refractivity contribution in [2.75, 3.05) is 5.73 Å². The average Bonchev–Trinajstić information content (AvgIpc) is 2.75. The first-order valence-electron chi connectivity index (χ1n) is 5.95. The van der Waals surface area contributed by atoms with Crippen molar-refractivity contribution in [1.82, 2.24) is 4.98 Å². The highest BCUT2D eigenvalue weighted by molar-refractivity contribution is 5.76. The average molecular weight is 214 g/mol. The molecule has 0 bridgehead atoms. The highest BCUT2D eigenvalue weighted by Crippen LogP contribution is 2.57. The molecule has 2 N–H and O–H groups in total. The molecule has 1 aromatic heterocycles. The number of oxazole rings is 1. The van der Waals surface area contributed by atoms with Crippen LogP contribution in [0.25, 0.3) is 11.1 Å². The number of hydrogen-bond donors (Lipinski definition) is 1. The Balaban J connectivity index is 1.75. The number of rotatable bonds is 1. The Bertz CT molecular complexity index is 550. The van der Waals surface area contributed by atoms with Gasteiger partial charge in [0.15, 0.2) is 11.5 Å². The van der Waals surface area contributed by atoms with Crippen molar-refractivity contribution in [1.29, 1.82) is 0 Å². The van der Waals surface area contributed by atoms with E-state index in [1.165, 1.54) is 19.3 Å². The van der Waals surface area contributed by atoms with Crippen molar-refractivity contribution >= 4 is 16.8 Å². The summed E-state index contributed by atoms with van der Waals surface area (Å²) in [4.78, 5) is 4.57. The van der Waals surface area contributed by atoms with E-state index in [1.807, 2.05) is 18.2 Å². The maximum absolute atomic E-state index is 5.81. The van der Waals surface area contributed by atoms with Gasteiger partial charge in [-0.15, -0.1) is 0 Å². The lowest BCUT2D eigenvalue weighted by Crippen LogP contribution is -1.95. The molecule has 3 heteroatoms. The number of aromatic nitrogens is 1. The van der Waals surface area contributed by atoms with Crippen LogP contribution in [0.3, 0.4) is 0 Å². The largest absolute Gasteiger partial charge is 0.440 e. The van der Waals surface area contributed by atoms with Crippen molar-refractivity contribution in [2.24, 2.45) is 11.8 Å². The molecule has 0 saturated heterocycles. The Morgan fingerprint density at radius 1 is 1.19 bits per heavy atom. The third kappa shape index (κ3) is 1.17. The highest BCUT2D eigenvalue weighted by atomic mass is 16.3. The quantitative estimate of drug-likeness (QED) is 0.742. The van der Waals surface area contributed by atoms with Crippen molar-refractivity contribution in [2.45, 2.75) is 25.2 Å². The molecule has 82 valence electrons. The molecule has 2 aromatic rings. The first-order chi connectivity index (χ1) is 7.79. The third-order valence-electron chi connectivity index (χ3n) is 4.02. The minimum atomic E-state index is 0.553. The van der Waals surface area contributed by atoms with E-state index in [9.17, 15) is 0 Å². The first kappa shape index (κ1) is 8.62. The summed E-state index contributed by atoms with van der Waals surface area (Å²) < 4.78 is 5.81. The first-order valence-corrected chi connectivity index (χ1v) is 5.95. The number of benzene rings is 1. The Morgan fingerprint density at radius 3 is 2.81 bits per heavy atom. The molecule has 2 saturated carbocycles. The van der Waals surface area contributed by atoms with Crippen LogP contribution < -0.4 is 5.73 Å². The molecule has 0 amide bonds. The van der Waals surface area contributed by atoms with Crippen LogP contribution in [-0.2, 0) is 0 Å². The van der Waals surface area contributed by atoms with Crippen LogP contribution in [0.15, 0.2) is 22.6 Å². The van der Waals surface area contributed by atoms with Crippen molar-refractivity contribution in [3.63, 3.8) is 0 Å². The predicted octanol–water partition coefficient (Wildman–Crippen LogP) is 2.92. The molecule has 2 unspecified atom stereocenters. The Hall–Kier alpha value is -1.51. The predicted molar refractivity (Wildman–Crippen MR) is 62.0 cm³/mol. The molecule has 2 aliphatic carbocycles. The van der Waals surface area contributed by atoms with Gasteiger partial charge in [-0.2, -0.15) is 0 Å². The molecule has 2 atom stereocenters. The van der Waals surface area contributed by atoms with Crippen LogP contribution in [0.2, 0.25) is 0 Å². The molecule has 3 nitrogen and oxygen atoms in total. The van der Waals surface area contributed by atoms with Crippen molar-refractivity contribution < 1.29 is 4.42 Å². The van der Waals surface area contributed by atoms with Gasteiger partial charge in [-0.1, -0.05) is 0 Å². The van der Waals surface area contributed by atoms with E-state index in [4.69, 9.17) is 10.2 Å². The summed E-state index contributed by atoms with van der Waals surface area (Å²) in [6, 6.07) is 5.68. The van der Waals surface area contributed by atoms with Gasteiger partial charge in [0, 0.05) is 17.7 Å². The van der Waals surface area contributed by atoms with Gasteiger partial charge in [-0.3, -0.25) is 0 Å². The van der Waals surface area contributed by atoms with Crippen molar-refractivity contribution in [3.8, 4) is 0 Å². The molecule has 1 heterocycles. The summed E-state index contributed by atoms with van der Waals surface area (Å²) in [5.74, 6) is 3.40. The molecular weight excluding hydrogens is 200 g/mol. The number of nitrogens with zero attached hydrogens (tertiary/aromatic N) is 1. The number of fused-ring (bicyclic) bond motifs is 2. The van der Waals surface area contributed by atoms with Gasteiger partial charge in [0.1, 0.15) is 5.52 Å². The normalized spacial score (nSPS) is 31.9. The fourth-order valence-electron chi connectivity index (χ4n) is 3.05. The summed E-state index contributed by atoms with van der Waals surface area (Å²) in [6.45, 7) is 0. The molecule has 2 fully saturated rings. The molecule has 4 rings (SSSR count). The fourth-order valence-corrected chi connectivity index (χ4v) is 3.05. The zero-order valence-corrected chi connectivity index (χ0v) is 9.02. The zero-order chi connectivity index (χ0) is 10.7. The zero-order valence-electron chi connectivity index (χ0n) is 9.02. The van der Waals surface area contributed by atoms with Gasteiger partial charge in [-0.25, -0.2) is 4.98 Å². The summed E-state index contributed by atoms with van der Waals surface area (Å²) in [5, 5.41) is 0. The van der Waals surface area contributed by atoms with E-state index in [0.717, 1.165) is 34.5 Å². The highest BCUT2D eigenvalue weighted by Gasteiger charge is 2.47. The molecule has 16 heavy (non-hydrogen) atoms. The third-order valence-corrected chi connectivity index (χ3v) is 4.02. The van der Waals surface area contributed by atoms with Crippen LogP contribution in [0.1, 0.15) is 31.1 Å². The summed E-state index contributed by atoms with van der Waals surface area (Å²) in [5.41, 5.74) is 8.23. The monoisotopic (exact) mass is 214 g/mol. The van der Waals surface area contributed by atoms with Gasteiger partial charge in [0.05, 0.1) is 0 Å². The second kappa shape index (κ2) is 2.78. The summed E-state index contributed by atoms with van der Waals surface area (Å²) in [6.07, 6.45) is 3.98. The number of hydrogen-bond acceptors (Lipinski definition) is 3. The number of nitrogens with two attached hydrogens (primary N) is 1. The van der Waals surface area contributed by atoms with E-state index < -0.39 is 0 Å². The van der Waals surface area contributed by atoms with E-state index in [-0.39, 0.29) is 0 Å². The number of anilines is 1. The van der Waals surface area contributed by atoms with Gasteiger partial charge in [0.2, 0.25) is 0 Å². The molecule has 0 aliphatic heterocycles. The van der Waals surface area contributed by atoms with Crippen LogP contribution in [0, 0.1) is 11.8 Å². The maximum Gasteiger partial charge on any atom is 0.198 e. The second-order valence-electron chi connectivity index (χ2n) is 5.20. The molecular formula is C13H14N2O. The molecule has 0 spiro atoms. The molecule has 0 radical (unpaired) electrons. The standard InChI is InChI=1S/C13H14N2O/c14-10-1-2-11-12(6-10)16-13(15-11)9-4-7-3-8(7)5-9/h1-2,6-9H,3-5,14H2. The number of nitrogen functional groups attached to an aromatic ring is 1. The summed E-state index contributed by atoms with van der Waals surface area (Å²) >= 11 is 0. The second-order valence-corrected chi connectivity index (χ2v) is 5.20. The van der Waals surface area contributed by atoms with E-state index >= 15 is 0 Å². The van der Waals surface area contributed by atoms with Gasteiger partial charge in [-0.05, 0) is 43.2 Å². The minimum absolute atomic E-state index is 0.553. The summed E-state index contributed by atoms with van der Waals surface area (Å²) in [7, 11) is 0. The maximum atomic E-state index is 5.81. The molecule has 2 aliphatic rings. The fraction of sp³-hybridized carbons (Fsp3) is 0.462. The van der Waals surface area contributed by atoms with E-state index in [0.29, 0.717) is 5.92 Å². The molecule has 1 aromatic carbocycles. The smallest absolute Gasteiger partial charge is 0.198 e.